The number of carbonyl (C=O) groups is 2. The summed E-state index contributed by atoms with van der Waals surface area (Å²) in [6.07, 6.45) is 2.60. The number of anilines is 2. The number of benzene rings is 3. The standard InChI is InChI=1S/C58H58N16O6/c1-7-9-29-71-47-49(67(5)57(79)73(53(47)77)33-45-59-35(3)39-21-13-15-25-43(39)63-45)65-55(71)69-27-17-19-37(31-69)61-51(75)41-23-11-12-24-42(41)52(76)62-38-20-18-28-70(32-38)56-66-50-48(72(56)30-10-8-2)54(78)74(58(80)68(50)6)34-46-60-36(4)40-22-14-16-26-44(40)64-46/h11-16,21-26,37-38H,17-20,27-34H2,1-6H3,(H,61,75)(H,62,76)/t37-,38-/m1/s1. The molecule has 11 rings (SSSR count). The maximum atomic E-state index is 14.4. The molecule has 0 saturated carbocycles. The van der Waals surface area contributed by atoms with Crippen molar-refractivity contribution in [2.75, 3.05) is 36.0 Å². The molecule has 22 heteroatoms. The molecule has 3 aromatic carbocycles. The summed E-state index contributed by atoms with van der Waals surface area (Å²) in [6.45, 7) is 8.84. The Balaban J connectivity index is 0.814. The Morgan fingerprint density at radius 2 is 0.950 bits per heavy atom. The van der Waals surface area contributed by atoms with Gasteiger partial charge in [-0.25, -0.2) is 29.5 Å². The molecule has 80 heavy (non-hydrogen) atoms. The van der Waals surface area contributed by atoms with Crippen LogP contribution in [0.4, 0.5) is 11.9 Å². The monoisotopic (exact) mass is 1070 g/mol. The molecule has 2 saturated heterocycles. The Hall–Kier alpha value is -9.70. The van der Waals surface area contributed by atoms with Gasteiger partial charge in [0.2, 0.25) is 11.9 Å². The number of amides is 2. The molecule has 2 atom stereocenters. The van der Waals surface area contributed by atoms with Crippen molar-refractivity contribution in [3.8, 4) is 23.7 Å². The van der Waals surface area contributed by atoms with E-state index in [0.29, 0.717) is 86.4 Å². The van der Waals surface area contributed by atoms with Gasteiger partial charge in [0.05, 0.1) is 48.3 Å². The number of nitrogens with one attached hydrogen (secondary N) is 2. The summed E-state index contributed by atoms with van der Waals surface area (Å²) >= 11 is 0. The number of hydrogen-bond acceptors (Lipinski definition) is 14. The number of aryl methyl sites for hydroxylation is 4. The molecule has 406 valence electrons. The van der Waals surface area contributed by atoms with E-state index in [1.807, 2.05) is 72.2 Å². The molecule has 2 aliphatic heterocycles. The summed E-state index contributed by atoms with van der Waals surface area (Å²) in [6, 6.07) is 21.0. The molecular formula is C58H58N16O6. The summed E-state index contributed by atoms with van der Waals surface area (Å²) in [5.41, 5.74) is 1.85. The van der Waals surface area contributed by atoms with Crippen molar-refractivity contribution in [3.63, 3.8) is 0 Å². The van der Waals surface area contributed by atoms with Gasteiger partial charge in [0, 0.05) is 74.5 Å². The second-order valence-corrected chi connectivity index (χ2v) is 20.2. The van der Waals surface area contributed by atoms with Crippen molar-refractivity contribution >= 4 is 67.8 Å². The molecule has 6 aromatic heterocycles. The Labute approximate surface area is 457 Å². The van der Waals surface area contributed by atoms with Crippen molar-refractivity contribution in [1.82, 2.24) is 67.9 Å². The number of carbonyl (C=O) groups excluding carboxylic acids is 2. The highest BCUT2D eigenvalue weighted by atomic mass is 16.2. The predicted octanol–water partition coefficient (Wildman–Crippen LogP) is 3.55. The van der Waals surface area contributed by atoms with Gasteiger partial charge in [-0.1, -0.05) is 60.4 Å². The lowest BCUT2D eigenvalue weighted by atomic mass is 10.0. The minimum absolute atomic E-state index is 0.120. The van der Waals surface area contributed by atoms with Crippen molar-refractivity contribution in [2.45, 2.75) is 91.6 Å². The lowest BCUT2D eigenvalue weighted by Gasteiger charge is -2.34. The molecule has 2 aliphatic rings. The van der Waals surface area contributed by atoms with Crippen LogP contribution >= 0.6 is 0 Å². The summed E-state index contributed by atoms with van der Waals surface area (Å²) in [5.74, 6) is 12.6. The topological polar surface area (TPSA) is 240 Å². The molecule has 9 aromatic rings. The Bertz CT molecular complexity index is 4110. The van der Waals surface area contributed by atoms with Gasteiger partial charge in [0.15, 0.2) is 22.3 Å². The largest absolute Gasteiger partial charge is 0.348 e. The molecule has 0 bridgehead atoms. The summed E-state index contributed by atoms with van der Waals surface area (Å²) in [5, 5.41) is 8.10. The van der Waals surface area contributed by atoms with Crippen LogP contribution < -0.4 is 42.9 Å². The second-order valence-electron chi connectivity index (χ2n) is 20.2. The normalized spacial score (nSPS) is 15.5. The zero-order chi connectivity index (χ0) is 55.9. The minimum atomic E-state index is -0.568. The Kier molecular flexibility index (Phi) is 14.1. The third kappa shape index (κ3) is 9.62. The van der Waals surface area contributed by atoms with Crippen LogP contribution in [0.25, 0.3) is 44.1 Å². The van der Waals surface area contributed by atoms with Crippen molar-refractivity contribution in [1.29, 1.82) is 0 Å². The fourth-order valence-electron chi connectivity index (χ4n) is 11.1. The van der Waals surface area contributed by atoms with Crippen LogP contribution in [-0.2, 0) is 40.3 Å². The van der Waals surface area contributed by atoms with Crippen LogP contribution in [0.2, 0.25) is 0 Å². The van der Waals surface area contributed by atoms with Gasteiger partial charge in [-0.15, -0.1) is 11.8 Å². The van der Waals surface area contributed by atoms with Crippen LogP contribution in [0, 0.1) is 37.5 Å². The van der Waals surface area contributed by atoms with E-state index in [2.05, 4.69) is 54.3 Å². The van der Waals surface area contributed by atoms with E-state index < -0.39 is 34.3 Å². The van der Waals surface area contributed by atoms with Gasteiger partial charge in [-0.2, -0.15) is 9.97 Å². The van der Waals surface area contributed by atoms with E-state index in [1.165, 1.54) is 9.13 Å². The zero-order valence-corrected chi connectivity index (χ0v) is 45.3. The zero-order valence-electron chi connectivity index (χ0n) is 45.3. The summed E-state index contributed by atoms with van der Waals surface area (Å²) in [4.78, 5) is 118. The molecule has 0 radical (unpaired) electrons. The maximum Gasteiger partial charge on any atom is 0.332 e. The lowest BCUT2D eigenvalue weighted by Crippen LogP contribution is -2.50. The first-order chi connectivity index (χ1) is 38.7. The van der Waals surface area contributed by atoms with Crippen molar-refractivity contribution < 1.29 is 9.59 Å². The predicted molar refractivity (Wildman–Crippen MR) is 304 cm³/mol. The second kappa shape index (κ2) is 21.6. The van der Waals surface area contributed by atoms with Crippen molar-refractivity contribution in [3.05, 3.63) is 149 Å². The van der Waals surface area contributed by atoms with E-state index >= 15 is 0 Å². The van der Waals surface area contributed by atoms with Crippen LogP contribution in [0.3, 0.4) is 0 Å². The third-order valence-electron chi connectivity index (χ3n) is 15.0. The fourth-order valence-corrected chi connectivity index (χ4v) is 11.1. The third-order valence-corrected chi connectivity index (χ3v) is 15.0. The first-order valence-electron chi connectivity index (χ1n) is 26.6. The smallest absolute Gasteiger partial charge is 0.332 e. The average Bonchev–Trinajstić information content (AvgIpc) is 4.08. The van der Waals surface area contributed by atoms with E-state index in [0.717, 1.165) is 31.3 Å². The van der Waals surface area contributed by atoms with Crippen LogP contribution in [0.15, 0.2) is 92.0 Å². The maximum absolute atomic E-state index is 14.4. The quantitative estimate of drug-likeness (QED) is 0.167. The van der Waals surface area contributed by atoms with E-state index in [-0.39, 0.29) is 71.7 Å². The average molecular weight is 1080 g/mol. The number of hydrogen-bond donors (Lipinski definition) is 2. The van der Waals surface area contributed by atoms with Gasteiger partial charge in [0.25, 0.3) is 22.9 Å². The molecule has 0 unspecified atom stereocenters. The number of aromatic nitrogens is 12. The van der Waals surface area contributed by atoms with Gasteiger partial charge >= 0.3 is 11.4 Å². The van der Waals surface area contributed by atoms with Crippen molar-refractivity contribution in [2.24, 2.45) is 14.1 Å². The number of imidazole rings is 2. The molecule has 2 N–H and O–H groups in total. The molecule has 22 nitrogen and oxygen atoms in total. The molecule has 2 fully saturated rings. The summed E-state index contributed by atoms with van der Waals surface area (Å²) in [7, 11) is 3.15. The number of nitrogens with zero attached hydrogens (tertiary/aromatic N) is 14. The molecule has 8 heterocycles. The van der Waals surface area contributed by atoms with Gasteiger partial charge in [-0.3, -0.25) is 46.6 Å². The minimum Gasteiger partial charge on any atom is -0.348 e. The SMILES string of the molecule is CC#CCn1c(N2CCC[C@@H](NC(=O)c3ccccc3C(=O)N[C@@H]3CCCN(c4nc5c(c(=O)n(Cc6nc(C)c7ccccc7n6)c(=O)n5C)n4CC#CC)C3)C2)nc2c1c(=O)n(Cc1nc(C)c3ccccc3n1)c(=O)n2C. The molecule has 0 aliphatic carbocycles. The Morgan fingerprint density at radius 1 is 0.550 bits per heavy atom. The fraction of sp³-hybridized carbons (Fsp3) is 0.345. The van der Waals surface area contributed by atoms with Gasteiger partial charge in [0.1, 0.15) is 11.6 Å². The summed E-state index contributed by atoms with van der Waals surface area (Å²) < 4.78 is 8.41. The van der Waals surface area contributed by atoms with E-state index in [1.54, 1.807) is 61.3 Å². The lowest BCUT2D eigenvalue weighted by molar-refractivity contribution is 0.0898. The van der Waals surface area contributed by atoms with Crippen LogP contribution in [0.1, 0.15) is 83.3 Å². The Morgan fingerprint density at radius 3 is 1.36 bits per heavy atom. The molecular weight excluding hydrogens is 1020 g/mol. The highest BCUT2D eigenvalue weighted by Gasteiger charge is 2.32. The van der Waals surface area contributed by atoms with Gasteiger partial charge in [-0.05, 0) is 77.6 Å². The molecule has 0 spiro atoms. The first-order valence-corrected chi connectivity index (χ1v) is 26.6. The first kappa shape index (κ1) is 52.4. The highest BCUT2D eigenvalue weighted by molar-refractivity contribution is 6.07. The number of para-hydroxylation sites is 2. The molecule has 2 amide bonds. The van der Waals surface area contributed by atoms with Crippen LogP contribution in [-0.4, -0.2) is 107 Å². The van der Waals surface area contributed by atoms with Gasteiger partial charge < -0.3 is 20.4 Å². The van der Waals surface area contributed by atoms with Crippen LogP contribution in [0.5, 0.6) is 0 Å². The van der Waals surface area contributed by atoms with E-state index in [4.69, 9.17) is 9.97 Å². The number of rotatable bonds is 12. The highest BCUT2D eigenvalue weighted by Crippen LogP contribution is 2.27. The number of fused-ring (bicyclic) bond motifs is 4. The number of piperidine rings is 2. The van der Waals surface area contributed by atoms with E-state index in [9.17, 15) is 28.8 Å².